The van der Waals surface area contributed by atoms with Crippen LogP contribution in [0.25, 0.3) is 17.2 Å². The number of pyridine rings is 1. The second kappa shape index (κ2) is 12.7. The van der Waals surface area contributed by atoms with Crippen molar-refractivity contribution >= 4 is 44.7 Å². The zero-order valence-corrected chi connectivity index (χ0v) is 28.9. The average Bonchev–Trinajstić information content (AvgIpc) is 3.70. The van der Waals surface area contributed by atoms with E-state index in [1.807, 2.05) is 0 Å². The first-order valence-corrected chi connectivity index (χ1v) is 18.3. The number of nitrogens with one attached hydrogen (secondary N) is 1. The fourth-order valence-electron chi connectivity index (χ4n) is 6.99. The number of aromatic nitrogens is 5. The third-order valence-corrected chi connectivity index (χ3v) is 11.1. The van der Waals surface area contributed by atoms with E-state index in [4.69, 9.17) is 11.6 Å². The van der Waals surface area contributed by atoms with Gasteiger partial charge in [-0.25, -0.2) is 13.4 Å². The first kappa shape index (κ1) is 35.1. The molecule has 0 saturated carbocycles. The second-order valence-corrected chi connectivity index (χ2v) is 15.3. The van der Waals surface area contributed by atoms with Crippen LogP contribution in [-0.2, 0) is 39.2 Å². The summed E-state index contributed by atoms with van der Waals surface area (Å²) in [4.78, 5) is 51.3. The van der Waals surface area contributed by atoms with Crippen molar-refractivity contribution in [2.45, 2.75) is 48.7 Å². The number of hydrogen-bond donors (Lipinski definition) is 2. The lowest BCUT2D eigenvalue weighted by atomic mass is 9.74. The third kappa shape index (κ3) is 6.27. The predicted molar refractivity (Wildman–Crippen MR) is 182 cm³/mol. The van der Waals surface area contributed by atoms with Crippen molar-refractivity contribution in [3.8, 4) is 17.1 Å². The number of hydrogen-bond acceptors (Lipinski definition) is 9. The number of carbonyl (C=O) groups excluding carboxylic acids is 2. The molecule has 2 aliphatic rings. The minimum atomic E-state index is -4.63. The summed E-state index contributed by atoms with van der Waals surface area (Å²) in [6.45, 7) is 0.107. The highest BCUT2D eigenvalue weighted by Gasteiger charge is 2.46. The molecule has 5 aromatic rings. The van der Waals surface area contributed by atoms with Crippen LogP contribution in [0.3, 0.4) is 0 Å². The summed E-state index contributed by atoms with van der Waals surface area (Å²) in [7, 11) is -3.49. The molecule has 3 aromatic heterocycles. The van der Waals surface area contributed by atoms with E-state index in [2.05, 4.69) is 20.4 Å². The molecule has 7 rings (SSSR count). The summed E-state index contributed by atoms with van der Waals surface area (Å²) in [5, 5.41) is 16.9. The van der Waals surface area contributed by atoms with E-state index in [1.165, 1.54) is 42.6 Å². The Morgan fingerprint density at radius 1 is 1.06 bits per heavy atom. The van der Waals surface area contributed by atoms with Crippen LogP contribution in [0.4, 0.5) is 18.9 Å². The number of fused-ring (bicyclic) bond motifs is 3. The number of anilines is 1. The Morgan fingerprint density at radius 3 is 2.40 bits per heavy atom. The van der Waals surface area contributed by atoms with Crippen molar-refractivity contribution in [3.63, 3.8) is 0 Å². The van der Waals surface area contributed by atoms with E-state index >= 15 is 0 Å². The van der Waals surface area contributed by atoms with Crippen molar-refractivity contribution in [2.24, 2.45) is 0 Å². The van der Waals surface area contributed by atoms with Gasteiger partial charge in [0.2, 0.25) is 11.7 Å². The molecule has 2 amide bonds. The molecule has 0 atom stereocenters. The summed E-state index contributed by atoms with van der Waals surface area (Å²) in [5.41, 5.74) is -0.910. The number of piperidine rings is 1. The van der Waals surface area contributed by atoms with Gasteiger partial charge in [-0.3, -0.25) is 14.4 Å². The summed E-state index contributed by atoms with van der Waals surface area (Å²) in [5.74, 6) is -1.23. The molecule has 270 valence electrons. The van der Waals surface area contributed by atoms with Gasteiger partial charge in [-0.2, -0.15) is 22.7 Å². The fraction of sp³-hybridized carbons (Fsp3) is 0.294. The van der Waals surface area contributed by atoms with Gasteiger partial charge in [0, 0.05) is 47.8 Å². The molecule has 1 fully saturated rings. The lowest BCUT2D eigenvalue weighted by Crippen LogP contribution is -2.46. The molecule has 1 aliphatic carbocycles. The van der Waals surface area contributed by atoms with Crippen molar-refractivity contribution in [1.82, 2.24) is 29.0 Å². The van der Waals surface area contributed by atoms with Crippen molar-refractivity contribution in [3.05, 3.63) is 98.7 Å². The molecule has 4 heterocycles. The minimum Gasteiger partial charge on any atom is -0.505 e. The Morgan fingerprint density at radius 2 is 1.77 bits per heavy atom. The number of aromatic hydroxyl groups is 1. The maximum Gasteiger partial charge on any atom is 0.416 e. The van der Waals surface area contributed by atoms with Crippen molar-refractivity contribution in [2.75, 3.05) is 24.7 Å². The molecule has 0 radical (unpaired) electrons. The van der Waals surface area contributed by atoms with Gasteiger partial charge in [0.25, 0.3) is 11.5 Å². The number of rotatable bonds is 6. The molecule has 0 bridgehead atoms. The second-order valence-electron chi connectivity index (χ2n) is 12.8. The van der Waals surface area contributed by atoms with Crippen LogP contribution in [0.5, 0.6) is 5.75 Å². The van der Waals surface area contributed by atoms with Crippen molar-refractivity contribution in [1.29, 1.82) is 0 Å². The quantitative estimate of drug-likeness (QED) is 0.254. The van der Waals surface area contributed by atoms with E-state index in [0.29, 0.717) is 48.6 Å². The number of alkyl halides is 3. The average molecular weight is 756 g/mol. The number of amides is 2. The lowest BCUT2D eigenvalue weighted by Gasteiger charge is -2.39. The molecule has 0 unspecified atom stereocenters. The molecule has 13 nitrogen and oxygen atoms in total. The highest BCUT2D eigenvalue weighted by molar-refractivity contribution is 7.90. The number of halogens is 4. The van der Waals surface area contributed by atoms with E-state index in [1.54, 1.807) is 9.47 Å². The zero-order chi connectivity index (χ0) is 37.2. The summed E-state index contributed by atoms with van der Waals surface area (Å²) in [6.07, 6.45) is -0.480. The highest BCUT2D eigenvalue weighted by Crippen LogP contribution is 2.45. The van der Waals surface area contributed by atoms with Crippen LogP contribution in [-0.4, -0.2) is 73.7 Å². The number of carbonyl (C=O) groups is 2. The first-order chi connectivity index (χ1) is 24.6. The molecule has 1 aliphatic heterocycles. The van der Waals surface area contributed by atoms with Gasteiger partial charge in [-0.1, -0.05) is 11.6 Å². The minimum absolute atomic E-state index is 0.0231. The van der Waals surface area contributed by atoms with Crippen LogP contribution in [0.1, 0.15) is 46.6 Å². The largest absolute Gasteiger partial charge is 0.505 e. The van der Waals surface area contributed by atoms with Gasteiger partial charge in [0.15, 0.2) is 21.4 Å². The Labute approximate surface area is 298 Å². The van der Waals surface area contributed by atoms with Gasteiger partial charge in [0.05, 0.1) is 21.2 Å². The van der Waals surface area contributed by atoms with Crippen molar-refractivity contribution < 1.29 is 36.3 Å². The normalized spacial score (nSPS) is 15.6. The van der Waals surface area contributed by atoms with Crippen LogP contribution < -0.4 is 10.9 Å². The Balaban J connectivity index is 1.27. The smallest absolute Gasteiger partial charge is 0.416 e. The van der Waals surface area contributed by atoms with Gasteiger partial charge in [-0.15, -0.1) is 5.10 Å². The summed E-state index contributed by atoms with van der Waals surface area (Å²) >= 11 is 6.11. The Kier molecular flexibility index (Phi) is 8.60. The monoisotopic (exact) mass is 755 g/mol. The van der Waals surface area contributed by atoms with E-state index < -0.39 is 50.9 Å². The topological polar surface area (TPSA) is 169 Å². The number of sulfone groups is 1. The molecule has 52 heavy (non-hydrogen) atoms. The van der Waals surface area contributed by atoms with E-state index in [9.17, 15) is 41.1 Å². The summed E-state index contributed by atoms with van der Waals surface area (Å²) < 4.78 is 66.3. The molecular weight excluding hydrogens is 727 g/mol. The SMILES string of the molecule is CS(=O)(=O)c1ccc(-c2nc3n(CC(=O)Nc4ccc(C(F)(F)F)cc4Cl)c4c(c(=O)n3n2)C2(CC4)CCN(C(=O)c3ncccc3O)CC2)cc1. The number of likely N-dealkylation sites (tertiary alicyclic amines) is 1. The molecule has 18 heteroatoms. The zero-order valence-electron chi connectivity index (χ0n) is 27.3. The van der Waals surface area contributed by atoms with Gasteiger partial charge in [-0.05, 0) is 80.3 Å². The molecule has 2 N–H and O–H groups in total. The van der Waals surface area contributed by atoms with Gasteiger partial charge in [0.1, 0.15) is 12.3 Å². The Hall–Kier alpha value is -5.29. The highest BCUT2D eigenvalue weighted by atomic mass is 35.5. The number of benzene rings is 2. The van der Waals surface area contributed by atoms with Crippen LogP contribution in [0.15, 0.2) is 70.5 Å². The Bertz CT molecular complexity index is 2440. The maximum absolute atomic E-state index is 14.3. The van der Waals surface area contributed by atoms with E-state index in [-0.39, 0.29) is 51.7 Å². The maximum atomic E-state index is 14.3. The van der Waals surface area contributed by atoms with Gasteiger partial charge >= 0.3 is 6.18 Å². The fourth-order valence-corrected chi connectivity index (χ4v) is 7.85. The van der Waals surface area contributed by atoms with E-state index in [0.717, 1.165) is 22.9 Å². The third-order valence-electron chi connectivity index (χ3n) is 9.63. The van der Waals surface area contributed by atoms with Gasteiger partial charge < -0.3 is 19.9 Å². The van der Waals surface area contributed by atoms with Crippen LogP contribution in [0.2, 0.25) is 5.02 Å². The molecule has 1 saturated heterocycles. The standard InChI is InChI=1S/C34H29ClF3N7O6S/c1-52(50,51)21-7-4-19(5-8-21)29-41-32-44(18-26(47)40-23-9-6-20(17-22(23)35)34(36,37)38)24-10-11-33(27(24)30(48)45(32)42-29)12-15-43(16-13-33)31(49)28-25(46)3-2-14-39-28/h2-9,14,17,46H,10-13,15-16,18H2,1H3,(H,40,47). The molecule has 1 spiro atoms. The first-order valence-electron chi connectivity index (χ1n) is 16.0. The van der Waals surface area contributed by atoms with Crippen LogP contribution >= 0.6 is 11.6 Å². The molecule has 2 aromatic carbocycles. The lowest BCUT2D eigenvalue weighted by molar-refractivity contribution is -0.137. The molecular formula is C34H29ClF3N7O6S. The summed E-state index contributed by atoms with van der Waals surface area (Å²) in [6, 6.07) is 11.2. The van der Waals surface area contributed by atoms with Crippen LogP contribution in [0, 0.1) is 0 Å². The predicted octanol–water partition coefficient (Wildman–Crippen LogP) is 4.49. The number of nitrogens with zero attached hydrogens (tertiary/aromatic N) is 6.